The fraction of sp³-hybridized carbons (Fsp3) is 0.182. The quantitative estimate of drug-likeness (QED) is 0.450. The van der Waals surface area contributed by atoms with Crippen LogP contribution >= 0.6 is 15.9 Å². The molecule has 114 valence electrons. The molecule has 0 unspecified atom stereocenters. The Bertz CT molecular complexity index is 919. The number of aryl methyl sites for hydroxylation is 1. The minimum absolute atomic E-state index is 0.0349. The smallest absolute Gasteiger partial charge is 0.0178 e. The van der Waals surface area contributed by atoms with E-state index in [-0.39, 0.29) is 5.41 Å². The fourth-order valence-corrected chi connectivity index (χ4v) is 4.14. The standard InChI is InChI=1S/C22H19Br/c1-14-6-4-5-7-17(14)15-8-10-18-19-11-9-16(23)13-21(19)22(2,3)20(18)12-15/h4-13H,1-3H3. The predicted molar refractivity (Wildman–Crippen MR) is 102 cm³/mol. The second-order valence-corrected chi connectivity index (χ2v) is 7.81. The molecule has 0 spiro atoms. The maximum absolute atomic E-state index is 3.62. The largest absolute Gasteiger partial charge is 0.0620 e. The highest BCUT2D eigenvalue weighted by Crippen LogP contribution is 2.50. The summed E-state index contributed by atoms with van der Waals surface area (Å²) in [4.78, 5) is 0. The average molecular weight is 363 g/mol. The van der Waals surface area contributed by atoms with Crippen LogP contribution in [-0.4, -0.2) is 0 Å². The van der Waals surface area contributed by atoms with E-state index in [1.54, 1.807) is 0 Å². The van der Waals surface area contributed by atoms with Crippen molar-refractivity contribution in [1.82, 2.24) is 0 Å². The van der Waals surface area contributed by atoms with Crippen LogP contribution in [-0.2, 0) is 5.41 Å². The summed E-state index contributed by atoms with van der Waals surface area (Å²) >= 11 is 3.62. The summed E-state index contributed by atoms with van der Waals surface area (Å²) in [6, 6.07) is 22.2. The maximum atomic E-state index is 3.62. The Kier molecular flexibility index (Phi) is 3.24. The molecule has 3 aromatic rings. The minimum atomic E-state index is 0.0349. The van der Waals surface area contributed by atoms with Crippen molar-refractivity contribution in [1.29, 1.82) is 0 Å². The van der Waals surface area contributed by atoms with Gasteiger partial charge in [0.25, 0.3) is 0 Å². The van der Waals surface area contributed by atoms with E-state index >= 15 is 0 Å². The first-order valence-corrected chi connectivity index (χ1v) is 8.79. The third-order valence-corrected chi connectivity index (χ3v) is 5.59. The van der Waals surface area contributed by atoms with E-state index in [4.69, 9.17) is 0 Å². The van der Waals surface area contributed by atoms with Crippen molar-refractivity contribution in [2.75, 3.05) is 0 Å². The highest BCUT2D eigenvalue weighted by molar-refractivity contribution is 9.10. The molecule has 0 amide bonds. The van der Waals surface area contributed by atoms with Gasteiger partial charge in [-0.15, -0.1) is 0 Å². The van der Waals surface area contributed by atoms with Gasteiger partial charge in [0.15, 0.2) is 0 Å². The zero-order valence-electron chi connectivity index (χ0n) is 13.7. The molecule has 0 radical (unpaired) electrons. The lowest BCUT2D eigenvalue weighted by Crippen LogP contribution is -2.15. The first-order chi connectivity index (χ1) is 11.0. The predicted octanol–water partition coefficient (Wildman–Crippen LogP) is 6.73. The number of rotatable bonds is 1. The van der Waals surface area contributed by atoms with Crippen molar-refractivity contribution >= 4 is 15.9 Å². The van der Waals surface area contributed by atoms with Crippen LogP contribution in [0.2, 0.25) is 0 Å². The number of halogens is 1. The van der Waals surface area contributed by atoms with E-state index in [0.717, 1.165) is 4.47 Å². The molecule has 0 aliphatic heterocycles. The summed E-state index contributed by atoms with van der Waals surface area (Å²) in [6.45, 7) is 6.83. The summed E-state index contributed by atoms with van der Waals surface area (Å²) in [5, 5.41) is 0. The minimum Gasteiger partial charge on any atom is -0.0620 e. The average Bonchev–Trinajstić information content (AvgIpc) is 2.75. The van der Waals surface area contributed by atoms with Gasteiger partial charge in [0, 0.05) is 9.89 Å². The monoisotopic (exact) mass is 362 g/mol. The van der Waals surface area contributed by atoms with Gasteiger partial charge in [-0.3, -0.25) is 0 Å². The number of hydrogen-bond donors (Lipinski definition) is 0. The van der Waals surface area contributed by atoms with Crippen LogP contribution < -0.4 is 0 Å². The molecule has 0 saturated heterocycles. The van der Waals surface area contributed by atoms with Crippen LogP contribution in [0.4, 0.5) is 0 Å². The molecule has 0 bridgehead atoms. The van der Waals surface area contributed by atoms with Gasteiger partial charge in [-0.05, 0) is 64.1 Å². The molecular weight excluding hydrogens is 344 g/mol. The van der Waals surface area contributed by atoms with E-state index in [2.05, 4.69) is 97.4 Å². The molecule has 0 saturated carbocycles. The summed E-state index contributed by atoms with van der Waals surface area (Å²) in [5.74, 6) is 0. The van der Waals surface area contributed by atoms with Crippen molar-refractivity contribution in [3.05, 3.63) is 81.8 Å². The normalized spacial score (nSPS) is 14.4. The van der Waals surface area contributed by atoms with Gasteiger partial charge in [-0.25, -0.2) is 0 Å². The number of benzene rings is 3. The van der Waals surface area contributed by atoms with Gasteiger partial charge >= 0.3 is 0 Å². The van der Waals surface area contributed by atoms with Gasteiger partial charge in [0.2, 0.25) is 0 Å². The molecule has 1 heteroatoms. The van der Waals surface area contributed by atoms with Crippen molar-refractivity contribution < 1.29 is 0 Å². The summed E-state index contributed by atoms with van der Waals surface area (Å²) in [6.07, 6.45) is 0. The fourth-order valence-electron chi connectivity index (χ4n) is 3.77. The number of fused-ring (bicyclic) bond motifs is 3. The van der Waals surface area contributed by atoms with Gasteiger partial charge < -0.3 is 0 Å². The zero-order chi connectivity index (χ0) is 16.2. The Labute approximate surface area is 146 Å². The molecule has 0 heterocycles. The van der Waals surface area contributed by atoms with Gasteiger partial charge in [-0.2, -0.15) is 0 Å². The van der Waals surface area contributed by atoms with Crippen LogP contribution in [0.15, 0.2) is 65.1 Å². The van der Waals surface area contributed by atoms with Crippen molar-refractivity contribution in [3.63, 3.8) is 0 Å². The lowest BCUT2D eigenvalue weighted by Gasteiger charge is -2.22. The molecule has 0 N–H and O–H groups in total. The highest BCUT2D eigenvalue weighted by Gasteiger charge is 2.35. The molecule has 1 aliphatic carbocycles. The van der Waals surface area contributed by atoms with Crippen LogP contribution in [0.3, 0.4) is 0 Å². The maximum Gasteiger partial charge on any atom is 0.0178 e. The molecular formula is C22H19Br. The Morgan fingerprint density at radius 1 is 0.739 bits per heavy atom. The van der Waals surface area contributed by atoms with E-state index < -0.39 is 0 Å². The third-order valence-electron chi connectivity index (χ3n) is 5.09. The Hall–Kier alpha value is -1.86. The van der Waals surface area contributed by atoms with E-state index in [9.17, 15) is 0 Å². The second-order valence-electron chi connectivity index (χ2n) is 6.89. The summed E-state index contributed by atoms with van der Waals surface area (Å²) in [7, 11) is 0. The SMILES string of the molecule is Cc1ccccc1-c1ccc2c(c1)C(C)(C)c1cc(Br)ccc1-2. The van der Waals surface area contributed by atoms with E-state index in [0.29, 0.717) is 0 Å². The Morgan fingerprint density at radius 2 is 1.39 bits per heavy atom. The second kappa shape index (κ2) is 5.07. The van der Waals surface area contributed by atoms with Crippen LogP contribution in [0.5, 0.6) is 0 Å². The lowest BCUT2D eigenvalue weighted by molar-refractivity contribution is 0.660. The molecule has 4 rings (SSSR count). The molecule has 0 atom stereocenters. The van der Waals surface area contributed by atoms with Crippen LogP contribution in [0.1, 0.15) is 30.5 Å². The van der Waals surface area contributed by atoms with Crippen molar-refractivity contribution in [3.8, 4) is 22.3 Å². The van der Waals surface area contributed by atoms with Crippen molar-refractivity contribution in [2.24, 2.45) is 0 Å². The summed E-state index contributed by atoms with van der Waals surface area (Å²) in [5.41, 5.74) is 9.55. The molecule has 0 nitrogen and oxygen atoms in total. The molecule has 23 heavy (non-hydrogen) atoms. The topological polar surface area (TPSA) is 0 Å². The first kappa shape index (κ1) is 14.7. The molecule has 0 fully saturated rings. The van der Waals surface area contributed by atoms with Gasteiger partial charge in [0.1, 0.15) is 0 Å². The highest BCUT2D eigenvalue weighted by atomic mass is 79.9. The van der Waals surface area contributed by atoms with Crippen LogP contribution in [0, 0.1) is 6.92 Å². The zero-order valence-corrected chi connectivity index (χ0v) is 15.2. The van der Waals surface area contributed by atoms with E-state index in [1.165, 1.54) is 38.9 Å². The Balaban J connectivity index is 1.94. The molecule has 0 aromatic heterocycles. The molecule has 3 aromatic carbocycles. The van der Waals surface area contributed by atoms with Crippen LogP contribution in [0.25, 0.3) is 22.3 Å². The van der Waals surface area contributed by atoms with Gasteiger partial charge in [-0.1, -0.05) is 72.2 Å². The molecule has 1 aliphatic rings. The summed E-state index contributed by atoms with van der Waals surface area (Å²) < 4.78 is 1.15. The number of hydrogen-bond acceptors (Lipinski definition) is 0. The van der Waals surface area contributed by atoms with Crippen molar-refractivity contribution in [2.45, 2.75) is 26.2 Å². The lowest BCUT2D eigenvalue weighted by atomic mass is 9.81. The Morgan fingerprint density at radius 3 is 2.13 bits per heavy atom. The first-order valence-electron chi connectivity index (χ1n) is 7.99. The van der Waals surface area contributed by atoms with Gasteiger partial charge in [0.05, 0.1) is 0 Å². The third kappa shape index (κ3) is 2.18. The van der Waals surface area contributed by atoms with E-state index in [1.807, 2.05) is 0 Å².